The van der Waals surface area contributed by atoms with Gasteiger partial charge >= 0.3 is 5.69 Å². The maximum atomic E-state index is 13.0. The summed E-state index contributed by atoms with van der Waals surface area (Å²) >= 11 is 6.42. The van der Waals surface area contributed by atoms with Crippen molar-refractivity contribution >= 4 is 17.3 Å². The lowest BCUT2D eigenvalue weighted by Gasteiger charge is -2.16. The molecule has 0 spiro atoms. The topological polar surface area (TPSA) is 51.9 Å². The zero-order chi connectivity index (χ0) is 23.9. The number of hydrogen-bond acceptors (Lipinski definition) is 3. The van der Waals surface area contributed by atoms with Gasteiger partial charge in [0, 0.05) is 24.3 Å². The molecule has 0 saturated heterocycles. The van der Waals surface area contributed by atoms with Crippen LogP contribution in [-0.4, -0.2) is 27.2 Å². The maximum absolute atomic E-state index is 13.0. The minimum Gasteiger partial charge on any atom is -0.316 e. The summed E-state index contributed by atoms with van der Waals surface area (Å²) in [4.78, 5) is 17.7. The van der Waals surface area contributed by atoms with Gasteiger partial charge in [0.2, 0.25) is 0 Å². The van der Waals surface area contributed by atoms with Crippen molar-refractivity contribution in [1.82, 2.24) is 19.4 Å². The molecule has 1 atom stereocenters. The van der Waals surface area contributed by atoms with E-state index in [9.17, 15) is 4.79 Å². The number of pyridine rings is 1. The van der Waals surface area contributed by atoms with Crippen LogP contribution in [0.5, 0.6) is 0 Å². The number of rotatable bonds is 12. The number of halogens is 1. The largest absolute Gasteiger partial charge is 0.333 e. The van der Waals surface area contributed by atoms with Crippen LogP contribution in [0.25, 0.3) is 5.70 Å². The summed E-state index contributed by atoms with van der Waals surface area (Å²) in [5, 5.41) is 4.14. The molecule has 1 fully saturated rings. The number of imidazole rings is 1. The Labute approximate surface area is 207 Å². The van der Waals surface area contributed by atoms with Crippen LogP contribution in [0.15, 0.2) is 70.1 Å². The van der Waals surface area contributed by atoms with Crippen LogP contribution in [0.2, 0.25) is 0 Å². The average Bonchev–Trinajstić information content (AvgIpc) is 3.60. The molecule has 34 heavy (non-hydrogen) atoms. The number of aromatic nitrogens is 3. The number of nitrogens with one attached hydrogen (secondary N) is 1. The minimum atomic E-state index is -0.128. The Morgan fingerprint density at radius 3 is 2.85 bits per heavy atom. The van der Waals surface area contributed by atoms with E-state index in [4.69, 9.17) is 16.6 Å². The van der Waals surface area contributed by atoms with Crippen molar-refractivity contribution in [3.05, 3.63) is 87.0 Å². The third-order valence-electron chi connectivity index (χ3n) is 6.54. The highest BCUT2D eigenvalue weighted by molar-refractivity contribution is 6.36. The lowest BCUT2D eigenvalue weighted by molar-refractivity contribution is 0.422. The predicted octanol–water partition coefficient (Wildman–Crippen LogP) is 5.52. The van der Waals surface area contributed by atoms with Crippen molar-refractivity contribution in [2.24, 2.45) is 11.8 Å². The van der Waals surface area contributed by atoms with Crippen LogP contribution in [0.1, 0.15) is 57.2 Å². The van der Waals surface area contributed by atoms with Gasteiger partial charge in [0.1, 0.15) is 0 Å². The summed E-state index contributed by atoms with van der Waals surface area (Å²) < 4.78 is 3.26. The molecule has 1 saturated carbocycles. The standard InChI is InChI=1S/C28H35ClN4O/c1-3-5-22(12-13-30-18-23-8-9-23)17-25-11-10-24(19-31-25)20-32-14-15-33(28(32)34)27-7-4-6-21(2)16-26(27)29/h4,7,10-11,14-16,19,22-23,30H,3,5,8-9,12-13,17-18,20H2,1-2H3. The number of nitrogens with zero attached hydrogens (tertiary/aromatic N) is 3. The fraction of sp³-hybridized carbons (Fsp3) is 0.464. The molecule has 0 amide bonds. The Kier molecular flexibility index (Phi) is 8.44. The van der Waals surface area contributed by atoms with Crippen LogP contribution in [-0.2, 0) is 13.0 Å². The molecule has 2 aliphatic carbocycles. The minimum absolute atomic E-state index is 0.128. The molecule has 0 radical (unpaired) electrons. The Morgan fingerprint density at radius 2 is 2.12 bits per heavy atom. The van der Waals surface area contributed by atoms with E-state index in [2.05, 4.69) is 30.1 Å². The molecule has 2 aliphatic rings. The van der Waals surface area contributed by atoms with Crippen molar-refractivity contribution in [2.75, 3.05) is 13.1 Å². The van der Waals surface area contributed by atoms with Crippen molar-refractivity contribution in [3.63, 3.8) is 0 Å². The lowest BCUT2D eigenvalue weighted by Crippen LogP contribution is -2.24. The van der Waals surface area contributed by atoms with Gasteiger partial charge in [-0.25, -0.2) is 4.79 Å². The Balaban J connectivity index is 1.36. The van der Waals surface area contributed by atoms with Crippen LogP contribution < -0.4 is 11.0 Å². The van der Waals surface area contributed by atoms with Gasteiger partial charge in [0.15, 0.2) is 0 Å². The Hall–Kier alpha value is -2.59. The van der Waals surface area contributed by atoms with Crippen LogP contribution in [0.4, 0.5) is 0 Å². The highest BCUT2D eigenvalue weighted by Gasteiger charge is 2.20. The van der Waals surface area contributed by atoms with Gasteiger partial charge in [-0.2, -0.15) is 0 Å². The molecule has 0 aromatic carbocycles. The highest BCUT2D eigenvalue weighted by Crippen LogP contribution is 2.27. The molecule has 2 aromatic heterocycles. The normalized spacial score (nSPS) is 16.6. The Morgan fingerprint density at radius 1 is 1.26 bits per heavy atom. The van der Waals surface area contributed by atoms with E-state index in [0.29, 0.717) is 23.2 Å². The monoisotopic (exact) mass is 478 g/mol. The van der Waals surface area contributed by atoms with E-state index >= 15 is 0 Å². The smallest absolute Gasteiger partial charge is 0.316 e. The van der Waals surface area contributed by atoms with E-state index in [1.54, 1.807) is 27.6 Å². The summed E-state index contributed by atoms with van der Waals surface area (Å²) in [5.74, 6) is 1.59. The second-order valence-corrected chi connectivity index (χ2v) is 9.98. The quantitative estimate of drug-likeness (QED) is 0.323. The summed E-state index contributed by atoms with van der Waals surface area (Å²) in [7, 11) is 0. The SMILES string of the molecule is CCCC(CCNCC1CC1)Cc1ccc(Cn2ccn(C3=CC=C=C(C)C=C3Cl)c2=O)cn1. The Bertz CT molecular complexity index is 1160. The van der Waals surface area contributed by atoms with Gasteiger partial charge in [-0.1, -0.05) is 37.4 Å². The van der Waals surface area contributed by atoms with E-state index in [1.165, 1.54) is 38.6 Å². The van der Waals surface area contributed by atoms with Crippen molar-refractivity contribution in [2.45, 2.75) is 58.9 Å². The number of allylic oxidation sites excluding steroid dienone is 5. The van der Waals surface area contributed by atoms with Crippen molar-refractivity contribution < 1.29 is 0 Å². The molecule has 6 heteroatoms. The average molecular weight is 479 g/mol. The van der Waals surface area contributed by atoms with E-state index in [0.717, 1.165) is 35.7 Å². The maximum Gasteiger partial charge on any atom is 0.333 e. The first kappa shape index (κ1) is 24.5. The second kappa shape index (κ2) is 11.7. The van der Waals surface area contributed by atoms with Gasteiger partial charge in [0.05, 0.1) is 17.3 Å². The molecular weight excluding hydrogens is 444 g/mol. The van der Waals surface area contributed by atoms with Crippen molar-refractivity contribution in [1.29, 1.82) is 0 Å². The fourth-order valence-electron chi connectivity index (χ4n) is 4.40. The molecule has 5 nitrogen and oxygen atoms in total. The summed E-state index contributed by atoms with van der Waals surface area (Å²) in [6.45, 7) is 6.94. The predicted molar refractivity (Wildman–Crippen MR) is 140 cm³/mol. The molecule has 0 aliphatic heterocycles. The first-order valence-electron chi connectivity index (χ1n) is 12.5. The first-order valence-corrected chi connectivity index (χ1v) is 12.8. The second-order valence-electron chi connectivity index (χ2n) is 9.57. The summed E-state index contributed by atoms with van der Waals surface area (Å²) in [5.41, 5.74) is 6.69. The molecule has 0 bridgehead atoms. The molecule has 1 N–H and O–H groups in total. The molecule has 180 valence electrons. The van der Waals surface area contributed by atoms with Gasteiger partial charge < -0.3 is 5.32 Å². The van der Waals surface area contributed by atoms with Crippen LogP contribution in [0.3, 0.4) is 0 Å². The van der Waals surface area contributed by atoms with Gasteiger partial charge in [-0.3, -0.25) is 14.1 Å². The third-order valence-corrected chi connectivity index (χ3v) is 6.84. The molecule has 2 heterocycles. The fourth-order valence-corrected chi connectivity index (χ4v) is 4.72. The van der Waals surface area contributed by atoms with E-state index < -0.39 is 0 Å². The number of hydrogen-bond donors (Lipinski definition) is 1. The van der Waals surface area contributed by atoms with Gasteiger partial charge in [-0.15, -0.1) is 5.73 Å². The van der Waals surface area contributed by atoms with Crippen LogP contribution in [0, 0.1) is 11.8 Å². The van der Waals surface area contributed by atoms with E-state index in [-0.39, 0.29) is 5.69 Å². The molecule has 1 unspecified atom stereocenters. The van der Waals surface area contributed by atoms with Crippen molar-refractivity contribution in [3.8, 4) is 0 Å². The molecule has 2 aromatic rings. The van der Waals surface area contributed by atoms with Gasteiger partial charge in [0.25, 0.3) is 0 Å². The summed E-state index contributed by atoms with van der Waals surface area (Å²) in [6, 6.07) is 4.21. The van der Waals surface area contributed by atoms with Crippen LogP contribution >= 0.6 is 11.6 Å². The molecule has 4 rings (SSSR count). The highest BCUT2D eigenvalue weighted by atomic mass is 35.5. The third kappa shape index (κ3) is 6.73. The zero-order valence-electron chi connectivity index (χ0n) is 20.3. The van der Waals surface area contributed by atoms with Gasteiger partial charge in [-0.05, 0) is 93.0 Å². The lowest BCUT2D eigenvalue weighted by atomic mass is 9.94. The van der Waals surface area contributed by atoms with E-state index in [1.807, 2.05) is 25.3 Å². The summed E-state index contributed by atoms with van der Waals surface area (Å²) in [6.07, 6.45) is 18.3. The first-order chi connectivity index (χ1) is 16.5. The zero-order valence-corrected chi connectivity index (χ0v) is 21.0. The molecular formula is C28H35ClN4O.